The van der Waals surface area contributed by atoms with Crippen molar-refractivity contribution in [3.63, 3.8) is 0 Å². The first kappa shape index (κ1) is 20.9. The van der Waals surface area contributed by atoms with Crippen LogP contribution in [-0.4, -0.2) is 25.5 Å². The van der Waals surface area contributed by atoms with Crippen molar-refractivity contribution in [1.82, 2.24) is 5.32 Å². The van der Waals surface area contributed by atoms with E-state index in [1.807, 2.05) is 54.6 Å². The van der Waals surface area contributed by atoms with E-state index in [2.05, 4.69) is 5.32 Å². The Morgan fingerprint density at radius 2 is 1.74 bits per heavy atom. The fourth-order valence-electron chi connectivity index (χ4n) is 3.78. The number of benzene rings is 3. The van der Waals surface area contributed by atoms with E-state index in [9.17, 15) is 9.59 Å². The lowest BCUT2D eigenvalue weighted by molar-refractivity contribution is -0.117. The topological polar surface area (TPSA) is 58.6 Å². The summed E-state index contributed by atoms with van der Waals surface area (Å²) in [6, 6.07) is 22.1. The number of halogens is 1. The predicted molar refractivity (Wildman–Crippen MR) is 122 cm³/mol. The van der Waals surface area contributed by atoms with E-state index in [1.54, 1.807) is 30.2 Å². The quantitative estimate of drug-likeness (QED) is 0.594. The van der Waals surface area contributed by atoms with Crippen molar-refractivity contribution in [1.29, 1.82) is 0 Å². The third-order valence-electron chi connectivity index (χ3n) is 5.43. The molecule has 1 N–H and O–H groups in total. The number of carbonyl (C=O) groups excluding carboxylic acids is 2. The Bertz CT molecular complexity index is 1080. The average Bonchev–Trinajstić information content (AvgIpc) is 3.24. The molecule has 1 aliphatic rings. The van der Waals surface area contributed by atoms with Crippen molar-refractivity contribution in [2.45, 2.75) is 18.9 Å². The highest BCUT2D eigenvalue weighted by atomic mass is 35.5. The zero-order valence-electron chi connectivity index (χ0n) is 17.2. The molecule has 4 rings (SSSR count). The molecule has 1 heterocycles. The van der Waals surface area contributed by atoms with Gasteiger partial charge >= 0.3 is 0 Å². The van der Waals surface area contributed by atoms with Crippen molar-refractivity contribution >= 4 is 29.1 Å². The summed E-state index contributed by atoms with van der Waals surface area (Å²) in [5.74, 6) is 0.536. The lowest BCUT2D eigenvalue weighted by atomic mass is 9.98. The van der Waals surface area contributed by atoms with Gasteiger partial charge in [-0.15, -0.1) is 0 Å². The van der Waals surface area contributed by atoms with Crippen LogP contribution in [0, 0.1) is 0 Å². The van der Waals surface area contributed by atoms with Crippen molar-refractivity contribution in [2.75, 3.05) is 18.6 Å². The number of nitrogens with zero attached hydrogens (tertiary/aromatic N) is 1. The molecule has 3 aromatic rings. The van der Waals surface area contributed by atoms with Gasteiger partial charge in [0.15, 0.2) is 0 Å². The maximum Gasteiger partial charge on any atom is 0.252 e. The van der Waals surface area contributed by atoms with Gasteiger partial charge in [-0.25, -0.2) is 0 Å². The Balaban J connectivity index is 1.64. The molecule has 0 aromatic heterocycles. The molecule has 31 heavy (non-hydrogen) atoms. The second-order valence-corrected chi connectivity index (χ2v) is 7.81. The first-order valence-electron chi connectivity index (χ1n) is 10.2. The molecule has 0 saturated carbocycles. The van der Waals surface area contributed by atoms with E-state index >= 15 is 0 Å². The SMILES string of the molecule is COc1ccc(C(NC(=O)c2ccc(Cl)c(N3CCCC3=O)c2)c2ccccc2)cc1. The number of amides is 2. The zero-order chi connectivity index (χ0) is 21.8. The number of hydrogen-bond acceptors (Lipinski definition) is 3. The molecule has 0 bridgehead atoms. The van der Waals surface area contributed by atoms with Gasteiger partial charge in [0.1, 0.15) is 5.75 Å². The molecule has 1 aliphatic heterocycles. The van der Waals surface area contributed by atoms with Crippen LogP contribution in [0.2, 0.25) is 5.02 Å². The van der Waals surface area contributed by atoms with Gasteiger partial charge in [-0.2, -0.15) is 0 Å². The molecule has 0 aliphatic carbocycles. The highest BCUT2D eigenvalue weighted by Crippen LogP contribution is 2.31. The Hall–Kier alpha value is -3.31. The molecule has 0 spiro atoms. The molecule has 1 unspecified atom stereocenters. The molecule has 0 radical (unpaired) electrons. The summed E-state index contributed by atoms with van der Waals surface area (Å²) in [6.45, 7) is 0.613. The van der Waals surface area contributed by atoms with Gasteiger partial charge in [0.2, 0.25) is 5.91 Å². The van der Waals surface area contributed by atoms with Crippen LogP contribution < -0.4 is 15.0 Å². The fourth-order valence-corrected chi connectivity index (χ4v) is 4.00. The van der Waals surface area contributed by atoms with Crippen molar-refractivity contribution in [2.24, 2.45) is 0 Å². The minimum atomic E-state index is -0.341. The van der Waals surface area contributed by atoms with Gasteiger partial charge < -0.3 is 15.0 Å². The number of carbonyl (C=O) groups is 2. The number of ether oxygens (including phenoxy) is 1. The van der Waals surface area contributed by atoms with Gasteiger partial charge in [0, 0.05) is 18.5 Å². The smallest absolute Gasteiger partial charge is 0.252 e. The molecule has 3 aromatic carbocycles. The molecule has 6 heteroatoms. The van der Waals surface area contributed by atoms with E-state index in [0.29, 0.717) is 29.2 Å². The van der Waals surface area contributed by atoms with Crippen LogP contribution >= 0.6 is 11.6 Å². The fraction of sp³-hybridized carbons (Fsp3) is 0.200. The zero-order valence-corrected chi connectivity index (χ0v) is 17.9. The van der Waals surface area contributed by atoms with Gasteiger partial charge in [0.05, 0.1) is 23.9 Å². The third-order valence-corrected chi connectivity index (χ3v) is 5.75. The summed E-state index contributed by atoms with van der Waals surface area (Å²) in [6.07, 6.45) is 1.29. The Labute approximate surface area is 186 Å². The summed E-state index contributed by atoms with van der Waals surface area (Å²) >= 11 is 6.33. The largest absolute Gasteiger partial charge is 0.497 e. The predicted octanol–water partition coefficient (Wildman–Crippen LogP) is 4.99. The van der Waals surface area contributed by atoms with Crippen LogP contribution in [0.5, 0.6) is 5.75 Å². The highest BCUT2D eigenvalue weighted by Gasteiger charge is 2.25. The molecule has 2 amide bonds. The standard InChI is InChI=1S/C25H23ClN2O3/c1-31-20-12-9-18(10-13-20)24(17-6-3-2-4-7-17)27-25(30)19-11-14-21(26)22(16-19)28-15-5-8-23(28)29/h2-4,6-7,9-14,16,24H,5,8,15H2,1H3,(H,27,30). The van der Waals surface area contributed by atoms with Crippen LogP contribution in [0.3, 0.4) is 0 Å². The summed E-state index contributed by atoms with van der Waals surface area (Å²) < 4.78 is 5.25. The van der Waals surface area contributed by atoms with Crippen LogP contribution in [-0.2, 0) is 4.79 Å². The van der Waals surface area contributed by atoms with Gasteiger partial charge in [-0.3, -0.25) is 9.59 Å². The first-order valence-corrected chi connectivity index (χ1v) is 10.5. The Morgan fingerprint density at radius 3 is 2.39 bits per heavy atom. The summed E-state index contributed by atoms with van der Waals surface area (Å²) in [4.78, 5) is 27.0. The van der Waals surface area contributed by atoms with E-state index in [4.69, 9.17) is 16.3 Å². The normalized spacial score (nSPS) is 14.4. The molecule has 5 nitrogen and oxygen atoms in total. The highest BCUT2D eigenvalue weighted by molar-refractivity contribution is 6.34. The van der Waals surface area contributed by atoms with E-state index in [1.165, 1.54) is 0 Å². The van der Waals surface area contributed by atoms with E-state index < -0.39 is 0 Å². The van der Waals surface area contributed by atoms with Gasteiger partial charge in [0.25, 0.3) is 5.91 Å². The Morgan fingerprint density at radius 1 is 1.03 bits per heavy atom. The van der Waals surface area contributed by atoms with Crippen molar-refractivity contribution in [3.05, 3.63) is 94.5 Å². The number of anilines is 1. The van der Waals surface area contributed by atoms with Gasteiger partial charge in [-0.1, -0.05) is 54.1 Å². The van der Waals surface area contributed by atoms with Gasteiger partial charge in [-0.05, 0) is 47.9 Å². The van der Waals surface area contributed by atoms with E-state index in [-0.39, 0.29) is 17.9 Å². The summed E-state index contributed by atoms with van der Waals surface area (Å²) in [5, 5.41) is 3.59. The molecular weight excluding hydrogens is 412 g/mol. The number of hydrogen-bond donors (Lipinski definition) is 1. The lowest BCUT2D eigenvalue weighted by Crippen LogP contribution is -2.30. The lowest BCUT2D eigenvalue weighted by Gasteiger charge is -2.22. The third kappa shape index (κ3) is 4.57. The van der Waals surface area contributed by atoms with Crippen LogP contribution in [0.1, 0.15) is 40.4 Å². The maximum atomic E-state index is 13.2. The number of methoxy groups -OCH3 is 1. The number of nitrogens with one attached hydrogen (secondary N) is 1. The Kier molecular flexibility index (Phi) is 6.23. The van der Waals surface area contributed by atoms with Crippen molar-refractivity contribution in [3.8, 4) is 5.75 Å². The van der Waals surface area contributed by atoms with E-state index in [0.717, 1.165) is 23.3 Å². The summed E-state index contributed by atoms with van der Waals surface area (Å²) in [7, 11) is 1.62. The minimum absolute atomic E-state index is 0.0276. The molecule has 1 saturated heterocycles. The molecule has 158 valence electrons. The second kappa shape index (κ2) is 9.23. The first-order chi connectivity index (χ1) is 15.1. The molecule has 1 fully saturated rings. The minimum Gasteiger partial charge on any atom is -0.497 e. The molecular formula is C25H23ClN2O3. The molecule has 1 atom stereocenters. The monoisotopic (exact) mass is 434 g/mol. The summed E-state index contributed by atoms with van der Waals surface area (Å²) in [5.41, 5.74) is 2.93. The van der Waals surface area contributed by atoms with Crippen LogP contribution in [0.15, 0.2) is 72.8 Å². The second-order valence-electron chi connectivity index (χ2n) is 7.41. The van der Waals surface area contributed by atoms with Crippen LogP contribution in [0.25, 0.3) is 0 Å². The average molecular weight is 435 g/mol. The number of rotatable bonds is 6. The van der Waals surface area contributed by atoms with Crippen molar-refractivity contribution < 1.29 is 14.3 Å². The maximum absolute atomic E-state index is 13.2. The van der Waals surface area contributed by atoms with Crippen LogP contribution in [0.4, 0.5) is 5.69 Å².